The molecule has 0 aliphatic carbocycles. The molecule has 1 aromatic heterocycles. The Morgan fingerprint density at radius 1 is 1.32 bits per heavy atom. The third kappa shape index (κ3) is 5.40. The van der Waals surface area contributed by atoms with Gasteiger partial charge in [0.25, 0.3) is 0 Å². The number of anilines is 1. The Bertz CT molecular complexity index is 620. The number of carbonyl (C=O) groups is 1. The lowest BCUT2D eigenvalue weighted by Crippen LogP contribution is -2.27. The van der Waals surface area contributed by atoms with Crippen LogP contribution in [0.5, 0.6) is 0 Å². The third-order valence-electron chi connectivity index (χ3n) is 3.02. The number of hydrogen-bond acceptors (Lipinski definition) is 5. The number of rotatable bonds is 7. The number of nitrogens with one attached hydrogen (secondary N) is 2. The van der Waals surface area contributed by atoms with Crippen molar-refractivity contribution in [3.8, 4) is 0 Å². The first-order chi connectivity index (χ1) is 10.5. The van der Waals surface area contributed by atoms with Crippen molar-refractivity contribution in [3.05, 3.63) is 40.7 Å². The molecule has 1 heterocycles. The maximum atomic E-state index is 11.8. The third-order valence-corrected chi connectivity index (χ3v) is 4.02. The summed E-state index contributed by atoms with van der Waals surface area (Å²) in [6, 6.07) is 6.47. The molecule has 7 heteroatoms. The number of nitrogens with two attached hydrogens (primary N) is 1. The number of aromatic amines is 1. The van der Waals surface area contributed by atoms with E-state index in [1.807, 2.05) is 0 Å². The zero-order valence-electron chi connectivity index (χ0n) is 12.8. The molecule has 0 aliphatic heterocycles. The van der Waals surface area contributed by atoms with E-state index in [4.69, 9.17) is 5.73 Å². The molecule has 1 aromatic carbocycles. The number of amides is 1. The highest BCUT2D eigenvalue weighted by molar-refractivity contribution is 7.99. The van der Waals surface area contributed by atoms with E-state index < -0.39 is 0 Å². The van der Waals surface area contributed by atoms with E-state index in [9.17, 15) is 4.79 Å². The van der Waals surface area contributed by atoms with Gasteiger partial charge in [0.2, 0.25) is 11.9 Å². The number of carbonyl (C=O) groups excluding carboxylic acids is 1. The lowest BCUT2D eigenvalue weighted by Gasteiger charge is -2.06. The molecule has 118 valence electrons. The second-order valence-corrected chi connectivity index (χ2v) is 6.21. The first-order valence-corrected chi connectivity index (χ1v) is 8.27. The van der Waals surface area contributed by atoms with Crippen molar-refractivity contribution in [3.63, 3.8) is 0 Å². The smallest absolute Gasteiger partial charge is 0.239 e. The number of thioether (sulfide) groups is 1. The summed E-state index contributed by atoms with van der Waals surface area (Å²) in [6.07, 6.45) is 0.595. The predicted octanol–water partition coefficient (Wildman–Crippen LogP) is 1.60. The predicted molar refractivity (Wildman–Crippen MR) is 89.6 cm³/mol. The van der Waals surface area contributed by atoms with Crippen LogP contribution in [0.25, 0.3) is 0 Å². The number of aryl methyl sites for hydroxylation is 2. The zero-order valence-corrected chi connectivity index (χ0v) is 13.7. The number of hydrogen-bond donors (Lipinski definition) is 3. The van der Waals surface area contributed by atoms with E-state index in [0.29, 0.717) is 24.5 Å². The van der Waals surface area contributed by atoms with Crippen molar-refractivity contribution in [2.45, 2.75) is 26.0 Å². The fourth-order valence-corrected chi connectivity index (χ4v) is 3.00. The molecule has 6 nitrogen and oxygen atoms in total. The van der Waals surface area contributed by atoms with Crippen molar-refractivity contribution in [1.29, 1.82) is 0 Å². The summed E-state index contributed by atoms with van der Waals surface area (Å²) in [6.45, 7) is 4.70. The Morgan fingerprint density at radius 3 is 2.68 bits per heavy atom. The molecule has 0 saturated carbocycles. The van der Waals surface area contributed by atoms with Gasteiger partial charge >= 0.3 is 0 Å². The number of nitrogen functional groups attached to an aromatic ring is 1. The number of aromatic nitrogens is 3. The topological polar surface area (TPSA) is 96.7 Å². The van der Waals surface area contributed by atoms with Gasteiger partial charge in [-0.3, -0.25) is 9.89 Å². The van der Waals surface area contributed by atoms with Crippen LogP contribution in [0, 0.1) is 13.8 Å². The molecule has 0 saturated heterocycles. The molecule has 0 unspecified atom stereocenters. The lowest BCUT2D eigenvalue weighted by molar-refractivity contribution is -0.118. The van der Waals surface area contributed by atoms with E-state index in [-0.39, 0.29) is 11.9 Å². The van der Waals surface area contributed by atoms with Crippen LogP contribution in [0.4, 0.5) is 5.95 Å². The number of nitrogens with zero attached hydrogens (tertiary/aromatic N) is 2. The molecule has 2 aromatic rings. The van der Waals surface area contributed by atoms with Crippen LogP contribution in [0.3, 0.4) is 0 Å². The Hall–Kier alpha value is -2.02. The van der Waals surface area contributed by atoms with Gasteiger partial charge in [0.15, 0.2) is 0 Å². The van der Waals surface area contributed by atoms with Gasteiger partial charge in [-0.15, -0.1) is 16.9 Å². The molecule has 0 fully saturated rings. The molecule has 0 aliphatic rings. The molecule has 0 radical (unpaired) electrons. The Morgan fingerprint density at radius 2 is 2.05 bits per heavy atom. The van der Waals surface area contributed by atoms with Crippen LogP contribution in [0.2, 0.25) is 0 Å². The monoisotopic (exact) mass is 319 g/mol. The summed E-state index contributed by atoms with van der Waals surface area (Å²) in [7, 11) is 0. The average Bonchev–Trinajstić information content (AvgIpc) is 2.83. The second-order valence-electron chi connectivity index (χ2n) is 5.23. The Kier molecular flexibility index (Phi) is 5.83. The van der Waals surface area contributed by atoms with Crippen molar-refractivity contribution >= 4 is 23.6 Å². The first-order valence-electron chi connectivity index (χ1n) is 7.11. The Balaban J connectivity index is 1.65. The van der Waals surface area contributed by atoms with E-state index in [2.05, 4.69) is 52.5 Å². The van der Waals surface area contributed by atoms with Crippen LogP contribution in [0.1, 0.15) is 22.5 Å². The molecular formula is C15H21N5OS. The van der Waals surface area contributed by atoms with Crippen LogP contribution >= 0.6 is 11.8 Å². The fourth-order valence-electron chi connectivity index (χ4n) is 2.21. The van der Waals surface area contributed by atoms with E-state index >= 15 is 0 Å². The second kappa shape index (κ2) is 7.84. The maximum Gasteiger partial charge on any atom is 0.239 e. The maximum absolute atomic E-state index is 11.8. The minimum atomic E-state index is 0.0295. The fraction of sp³-hybridized carbons (Fsp3) is 0.400. The quantitative estimate of drug-likeness (QED) is 0.720. The van der Waals surface area contributed by atoms with Crippen LogP contribution in [-0.2, 0) is 17.0 Å². The molecule has 0 atom stereocenters. The highest BCUT2D eigenvalue weighted by atomic mass is 32.2. The molecule has 0 bridgehead atoms. The SMILES string of the molecule is Cc1cc(C)cc(CSCC(=O)NCCc2nc(N)n[nH]2)c1. The molecule has 1 amide bonds. The number of benzene rings is 1. The summed E-state index contributed by atoms with van der Waals surface area (Å²) >= 11 is 1.61. The number of H-pyrrole nitrogens is 1. The van der Waals surface area contributed by atoms with Gasteiger partial charge < -0.3 is 11.1 Å². The van der Waals surface area contributed by atoms with Gasteiger partial charge in [0.1, 0.15) is 5.82 Å². The molecule has 4 N–H and O–H groups in total. The van der Waals surface area contributed by atoms with Crippen LogP contribution < -0.4 is 11.1 Å². The van der Waals surface area contributed by atoms with Gasteiger partial charge in [-0.1, -0.05) is 29.3 Å². The highest BCUT2D eigenvalue weighted by Crippen LogP contribution is 2.15. The molecule has 22 heavy (non-hydrogen) atoms. The van der Waals surface area contributed by atoms with Crippen LogP contribution in [-0.4, -0.2) is 33.4 Å². The largest absolute Gasteiger partial charge is 0.367 e. The average molecular weight is 319 g/mol. The summed E-state index contributed by atoms with van der Waals surface area (Å²) in [4.78, 5) is 15.7. The molecule has 2 rings (SSSR count). The minimum absolute atomic E-state index is 0.0295. The minimum Gasteiger partial charge on any atom is -0.367 e. The van der Waals surface area contributed by atoms with E-state index in [1.54, 1.807) is 11.8 Å². The first kappa shape index (κ1) is 16.4. The van der Waals surface area contributed by atoms with Crippen molar-refractivity contribution in [1.82, 2.24) is 20.5 Å². The van der Waals surface area contributed by atoms with Crippen molar-refractivity contribution < 1.29 is 4.79 Å². The summed E-state index contributed by atoms with van der Waals surface area (Å²) in [5.41, 5.74) is 9.18. The summed E-state index contributed by atoms with van der Waals surface area (Å²) < 4.78 is 0. The Labute approximate surface area is 134 Å². The van der Waals surface area contributed by atoms with Crippen molar-refractivity contribution in [2.24, 2.45) is 0 Å². The molecule has 0 spiro atoms. The van der Waals surface area contributed by atoms with Crippen LogP contribution in [0.15, 0.2) is 18.2 Å². The van der Waals surface area contributed by atoms with Gasteiger partial charge in [-0.25, -0.2) is 0 Å². The van der Waals surface area contributed by atoms with Gasteiger partial charge in [-0.05, 0) is 19.4 Å². The van der Waals surface area contributed by atoms with Gasteiger partial charge in [-0.2, -0.15) is 4.98 Å². The van der Waals surface area contributed by atoms with E-state index in [0.717, 1.165) is 5.75 Å². The zero-order chi connectivity index (χ0) is 15.9. The van der Waals surface area contributed by atoms with Gasteiger partial charge in [0.05, 0.1) is 5.75 Å². The summed E-state index contributed by atoms with van der Waals surface area (Å²) in [5.74, 6) is 2.23. The summed E-state index contributed by atoms with van der Waals surface area (Å²) in [5, 5.41) is 9.31. The normalized spacial score (nSPS) is 10.6. The highest BCUT2D eigenvalue weighted by Gasteiger charge is 2.04. The lowest BCUT2D eigenvalue weighted by atomic mass is 10.1. The van der Waals surface area contributed by atoms with Gasteiger partial charge in [0, 0.05) is 18.7 Å². The standard InChI is InChI=1S/C15H21N5OS/c1-10-5-11(2)7-12(6-10)8-22-9-14(21)17-4-3-13-18-15(16)20-19-13/h5-7H,3-4,8-9H2,1-2H3,(H,17,21)(H3,16,18,19,20). The van der Waals surface area contributed by atoms with E-state index in [1.165, 1.54) is 16.7 Å². The molecular weight excluding hydrogens is 298 g/mol. The van der Waals surface area contributed by atoms with Crippen molar-refractivity contribution in [2.75, 3.05) is 18.0 Å².